The number of rotatable bonds is 7. The normalized spacial score (nSPS) is 13.8. The quantitative estimate of drug-likeness (QED) is 0.817. The Morgan fingerprint density at radius 3 is 2.57 bits per heavy atom. The van der Waals surface area contributed by atoms with Crippen molar-refractivity contribution in [1.29, 1.82) is 0 Å². The maximum Gasteiger partial charge on any atom is 0.225 e. The van der Waals surface area contributed by atoms with E-state index in [1.165, 1.54) is 0 Å². The molecular formula is C16H24Cl2N2O. The molecular weight excluding hydrogens is 307 g/mol. The van der Waals surface area contributed by atoms with Gasteiger partial charge in [0.05, 0.1) is 10.0 Å². The van der Waals surface area contributed by atoms with Gasteiger partial charge in [0.1, 0.15) is 0 Å². The van der Waals surface area contributed by atoms with E-state index in [2.05, 4.69) is 0 Å². The van der Waals surface area contributed by atoms with Gasteiger partial charge in [0, 0.05) is 25.6 Å². The van der Waals surface area contributed by atoms with Crippen molar-refractivity contribution < 1.29 is 4.79 Å². The third-order valence-electron chi connectivity index (χ3n) is 3.53. The van der Waals surface area contributed by atoms with E-state index in [1.807, 2.05) is 26.0 Å². The third-order valence-corrected chi connectivity index (χ3v) is 4.39. The molecule has 0 fully saturated rings. The summed E-state index contributed by atoms with van der Waals surface area (Å²) in [5.74, 6) is 0.113. The monoisotopic (exact) mass is 330 g/mol. The van der Waals surface area contributed by atoms with Crippen LogP contribution in [0.4, 0.5) is 0 Å². The molecule has 5 heteroatoms. The fourth-order valence-electron chi connectivity index (χ4n) is 2.25. The fourth-order valence-corrected chi connectivity index (χ4v) is 2.63. The zero-order valence-electron chi connectivity index (χ0n) is 12.9. The zero-order chi connectivity index (χ0) is 16.0. The fraction of sp³-hybridized carbons (Fsp3) is 0.562. The SMILES string of the molecule is CC(N)CCCC(C)C(=O)N(C)Cc1cccc(Cl)c1Cl. The predicted octanol–water partition coefficient (Wildman–Crippen LogP) is 4.11. The molecule has 2 atom stereocenters. The van der Waals surface area contributed by atoms with Gasteiger partial charge in [0.15, 0.2) is 0 Å². The van der Waals surface area contributed by atoms with Crippen molar-refractivity contribution in [1.82, 2.24) is 4.90 Å². The van der Waals surface area contributed by atoms with Gasteiger partial charge < -0.3 is 10.6 Å². The number of benzene rings is 1. The lowest BCUT2D eigenvalue weighted by atomic mass is 10.0. The number of nitrogens with two attached hydrogens (primary N) is 1. The molecule has 0 heterocycles. The summed E-state index contributed by atoms with van der Waals surface area (Å²) in [6.45, 7) is 4.41. The number of carbonyl (C=O) groups is 1. The summed E-state index contributed by atoms with van der Waals surface area (Å²) in [4.78, 5) is 14.0. The highest BCUT2D eigenvalue weighted by atomic mass is 35.5. The summed E-state index contributed by atoms with van der Waals surface area (Å²) in [5, 5.41) is 1.03. The number of amides is 1. The van der Waals surface area contributed by atoms with Crippen molar-refractivity contribution in [3.63, 3.8) is 0 Å². The smallest absolute Gasteiger partial charge is 0.225 e. The highest BCUT2D eigenvalue weighted by Crippen LogP contribution is 2.26. The van der Waals surface area contributed by atoms with E-state index in [0.717, 1.165) is 24.8 Å². The van der Waals surface area contributed by atoms with Crippen LogP contribution >= 0.6 is 23.2 Å². The first-order valence-corrected chi connectivity index (χ1v) is 8.02. The largest absolute Gasteiger partial charge is 0.341 e. The van der Waals surface area contributed by atoms with E-state index >= 15 is 0 Å². The van der Waals surface area contributed by atoms with Crippen LogP contribution in [0.2, 0.25) is 10.0 Å². The van der Waals surface area contributed by atoms with Crippen LogP contribution < -0.4 is 5.73 Å². The first-order chi connectivity index (χ1) is 9.82. The van der Waals surface area contributed by atoms with Gasteiger partial charge in [-0.2, -0.15) is 0 Å². The summed E-state index contributed by atoms with van der Waals surface area (Å²) in [6.07, 6.45) is 2.77. The minimum absolute atomic E-state index is 0.00768. The van der Waals surface area contributed by atoms with E-state index in [-0.39, 0.29) is 17.9 Å². The van der Waals surface area contributed by atoms with Gasteiger partial charge in [0.25, 0.3) is 0 Å². The number of nitrogens with zero attached hydrogens (tertiary/aromatic N) is 1. The van der Waals surface area contributed by atoms with Crippen LogP contribution in [0.15, 0.2) is 18.2 Å². The molecule has 0 radical (unpaired) electrons. The first-order valence-electron chi connectivity index (χ1n) is 7.26. The van der Waals surface area contributed by atoms with Gasteiger partial charge in [-0.25, -0.2) is 0 Å². The lowest BCUT2D eigenvalue weighted by molar-refractivity contribution is -0.134. The Labute approximate surface area is 137 Å². The highest BCUT2D eigenvalue weighted by Gasteiger charge is 2.18. The lowest BCUT2D eigenvalue weighted by Crippen LogP contribution is -2.31. The van der Waals surface area contributed by atoms with Crippen molar-refractivity contribution >= 4 is 29.1 Å². The Morgan fingerprint density at radius 1 is 1.29 bits per heavy atom. The number of halogens is 2. The average Bonchev–Trinajstić information content (AvgIpc) is 2.42. The molecule has 0 aliphatic carbocycles. The summed E-state index contributed by atoms with van der Waals surface area (Å²) >= 11 is 12.1. The third kappa shape index (κ3) is 5.85. The van der Waals surface area contributed by atoms with E-state index in [9.17, 15) is 4.79 Å². The minimum atomic E-state index is -0.00768. The van der Waals surface area contributed by atoms with Gasteiger partial charge in [-0.05, 0) is 31.4 Å². The van der Waals surface area contributed by atoms with Gasteiger partial charge in [-0.1, -0.05) is 48.7 Å². The molecule has 0 aliphatic heterocycles. The number of hydrogen-bond acceptors (Lipinski definition) is 2. The molecule has 1 aromatic carbocycles. The molecule has 0 bridgehead atoms. The average molecular weight is 331 g/mol. The van der Waals surface area contributed by atoms with Crippen LogP contribution in [0.3, 0.4) is 0 Å². The van der Waals surface area contributed by atoms with E-state index < -0.39 is 0 Å². The van der Waals surface area contributed by atoms with E-state index in [1.54, 1.807) is 18.0 Å². The molecule has 1 amide bonds. The van der Waals surface area contributed by atoms with Crippen LogP contribution in [0.25, 0.3) is 0 Å². The van der Waals surface area contributed by atoms with Gasteiger partial charge in [0.2, 0.25) is 5.91 Å². The molecule has 3 nitrogen and oxygen atoms in total. The molecule has 1 aromatic rings. The number of carbonyl (C=O) groups excluding carboxylic acids is 1. The molecule has 1 rings (SSSR count). The maximum atomic E-state index is 12.3. The molecule has 2 unspecified atom stereocenters. The van der Waals surface area contributed by atoms with Crippen molar-refractivity contribution in [3.8, 4) is 0 Å². The summed E-state index contributed by atoms with van der Waals surface area (Å²) in [7, 11) is 1.79. The molecule has 118 valence electrons. The maximum absolute atomic E-state index is 12.3. The van der Waals surface area contributed by atoms with Crippen LogP contribution in [0.5, 0.6) is 0 Å². The van der Waals surface area contributed by atoms with Crippen LogP contribution in [0.1, 0.15) is 38.7 Å². The Kier molecular flexibility index (Phi) is 7.50. The van der Waals surface area contributed by atoms with Crippen molar-refractivity contribution in [2.45, 2.75) is 45.7 Å². The summed E-state index contributed by atoms with van der Waals surface area (Å²) in [6, 6.07) is 5.66. The van der Waals surface area contributed by atoms with Gasteiger partial charge in [-0.3, -0.25) is 4.79 Å². The minimum Gasteiger partial charge on any atom is -0.341 e. The van der Waals surface area contributed by atoms with Crippen molar-refractivity contribution in [2.24, 2.45) is 11.7 Å². The molecule has 21 heavy (non-hydrogen) atoms. The van der Waals surface area contributed by atoms with Crippen LogP contribution in [0, 0.1) is 5.92 Å². The Hall–Kier alpha value is -0.770. The summed E-state index contributed by atoms with van der Waals surface area (Å²) in [5.41, 5.74) is 6.59. The second-order valence-electron chi connectivity index (χ2n) is 5.72. The van der Waals surface area contributed by atoms with Crippen molar-refractivity contribution in [2.75, 3.05) is 7.05 Å². The van der Waals surface area contributed by atoms with Crippen LogP contribution in [-0.4, -0.2) is 23.9 Å². The Balaban J connectivity index is 2.56. The molecule has 0 aromatic heterocycles. The Morgan fingerprint density at radius 2 is 1.95 bits per heavy atom. The molecule has 0 spiro atoms. The summed E-state index contributed by atoms with van der Waals surface area (Å²) < 4.78 is 0. The number of hydrogen-bond donors (Lipinski definition) is 1. The van der Waals surface area contributed by atoms with Gasteiger partial charge in [-0.15, -0.1) is 0 Å². The van der Waals surface area contributed by atoms with E-state index in [0.29, 0.717) is 16.6 Å². The lowest BCUT2D eigenvalue weighted by Gasteiger charge is -2.22. The van der Waals surface area contributed by atoms with E-state index in [4.69, 9.17) is 28.9 Å². The van der Waals surface area contributed by atoms with Gasteiger partial charge >= 0.3 is 0 Å². The zero-order valence-corrected chi connectivity index (χ0v) is 14.4. The first kappa shape index (κ1) is 18.3. The standard InChI is InChI=1S/C16H24Cl2N2O/c1-11(6-4-7-12(2)19)16(21)20(3)10-13-8-5-9-14(17)15(13)18/h5,8-9,11-12H,4,6-7,10,19H2,1-3H3. The Bertz CT molecular complexity index is 477. The second-order valence-corrected chi connectivity index (χ2v) is 6.50. The molecule has 0 saturated heterocycles. The second kappa shape index (κ2) is 8.62. The predicted molar refractivity (Wildman–Crippen MR) is 89.6 cm³/mol. The van der Waals surface area contributed by atoms with Crippen molar-refractivity contribution in [3.05, 3.63) is 33.8 Å². The topological polar surface area (TPSA) is 46.3 Å². The highest BCUT2D eigenvalue weighted by molar-refractivity contribution is 6.42. The van der Waals surface area contributed by atoms with Crippen LogP contribution in [-0.2, 0) is 11.3 Å². The molecule has 0 saturated carbocycles. The molecule has 2 N–H and O–H groups in total. The molecule has 0 aliphatic rings.